The number of methoxy groups -OCH3 is 1. The highest BCUT2D eigenvalue weighted by atomic mass is 16.5. The lowest BCUT2D eigenvalue weighted by Gasteiger charge is -2.04. The van der Waals surface area contributed by atoms with Gasteiger partial charge in [0.1, 0.15) is 5.76 Å². The summed E-state index contributed by atoms with van der Waals surface area (Å²) in [5, 5.41) is 3.07. The largest absolute Gasteiger partial charge is 0.481 e. The Hall–Kier alpha value is -1.81. The fourth-order valence-electron chi connectivity index (χ4n) is 1.58. The van der Waals surface area contributed by atoms with Crippen LogP contribution in [0, 0.1) is 0 Å². The second-order valence-corrected chi connectivity index (χ2v) is 3.37. The van der Waals surface area contributed by atoms with Gasteiger partial charge in [-0.2, -0.15) is 0 Å². The van der Waals surface area contributed by atoms with Gasteiger partial charge in [-0.1, -0.05) is 0 Å². The van der Waals surface area contributed by atoms with Gasteiger partial charge < -0.3 is 14.5 Å². The van der Waals surface area contributed by atoms with Gasteiger partial charge >= 0.3 is 0 Å². The molecule has 0 aliphatic carbocycles. The summed E-state index contributed by atoms with van der Waals surface area (Å²) < 4.78 is 10.5. The van der Waals surface area contributed by atoms with E-state index < -0.39 is 0 Å². The third kappa shape index (κ3) is 2.06. The third-order valence-electron chi connectivity index (χ3n) is 2.34. The Balaban J connectivity index is 2.37. The molecule has 0 radical (unpaired) electrons. The maximum Gasteiger partial charge on any atom is 0.213 e. The van der Waals surface area contributed by atoms with Crippen LogP contribution in [0.15, 0.2) is 35.1 Å². The lowest BCUT2D eigenvalue weighted by molar-refractivity contribution is 0.398. The Morgan fingerprint density at radius 3 is 3.06 bits per heavy atom. The zero-order valence-electron chi connectivity index (χ0n) is 9.36. The van der Waals surface area contributed by atoms with E-state index in [9.17, 15) is 0 Å². The van der Waals surface area contributed by atoms with Crippen LogP contribution in [0.25, 0.3) is 11.1 Å². The number of rotatable bonds is 4. The molecule has 4 heteroatoms. The molecule has 0 saturated carbocycles. The number of pyridine rings is 1. The molecule has 0 amide bonds. The van der Waals surface area contributed by atoms with Crippen molar-refractivity contribution in [3.63, 3.8) is 0 Å². The van der Waals surface area contributed by atoms with E-state index in [1.54, 1.807) is 19.6 Å². The first-order valence-electron chi connectivity index (χ1n) is 5.06. The molecule has 2 aromatic rings. The smallest absolute Gasteiger partial charge is 0.213 e. The van der Waals surface area contributed by atoms with Crippen molar-refractivity contribution >= 4 is 0 Å². The first-order valence-corrected chi connectivity index (χ1v) is 5.06. The van der Waals surface area contributed by atoms with E-state index in [0.717, 1.165) is 16.9 Å². The quantitative estimate of drug-likeness (QED) is 0.853. The average Bonchev–Trinajstić information content (AvgIpc) is 2.78. The van der Waals surface area contributed by atoms with Crippen molar-refractivity contribution in [2.45, 2.75) is 6.54 Å². The van der Waals surface area contributed by atoms with Gasteiger partial charge in [-0.3, -0.25) is 0 Å². The fourth-order valence-corrected chi connectivity index (χ4v) is 1.58. The lowest BCUT2D eigenvalue weighted by atomic mass is 10.1. The number of hydrogen-bond acceptors (Lipinski definition) is 4. The minimum atomic E-state index is 0.606. The molecular formula is C12H14N2O2. The topological polar surface area (TPSA) is 47.3 Å². The van der Waals surface area contributed by atoms with Gasteiger partial charge in [-0.15, -0.1) is 0 Å². The average molecular weight is 218 g/mol. The number of furan rings is 1. The molecule has 0 unspecified atom stereocenters. The van der Waals surface area contributed by atoms with Crippen molar-refractivity contribution in [1.29, 1.82) is 0 Å². The van der Waals surface area contributed by atoms with Gasteiger partial charge in [-0.25, -0.2) is 4.98 Å². The van der Waals surface area contributed by atoms with Crippen LogP contribution < -0.4 is 10.1 Å². The summed E-state index contributed by atoms with van der Waals surface area (Å²) in [4.78, 5) is 4.07. The highest BCUT2D eigenvalue weighted by Crippen LogP contribution is 2.26. The maximum absolute atomic E-state index is 5.41. The second-order valence-electron chi connectivity index (χ2n) is 3.37. The number of ether oxygens (including phenoxy) is 1. The van der Waals surface area contributed by atoms with Crippen LogP contribution in [-0.2, 0) is 6.54 Å². The summed E-state index contributed by atoms with van der Waals surface area (Å²) in [6.07, 6.45) is 3.42. The molecule has 0 aliphatic heterocycles. The number of hydrogen-bond donors (Lipinski definition) is 1. The standard InChI is InChI=1S/C12H14N2O2/c1-13-8-11-10(4-6-16-11)9-3-5-14-12(7-9)15-2/h3-7,13H,8H2,1-2H3. The van der Waals surface area contributed by atoms with Crippen LogP contribution in [0.2, 0.25) is 0 Å². The van der Waals surface area contributed by atoms with Crippen molar-refractivity contribution in [2.24, 2.45) is 0 Å². The Bertz CT molecular complexity index is 466. The van der Waals surface area contributed by atoms with E-state index >= 15 is 0 Å². The molecule has 1 N–H and O–H groups in total. The van der Waals surface area contributed by atoms with E-state index in [1.807, 2.05) is 25.2 Å². The van der Waals surface area contributed by atoms with Crippen LogP contribution in [-0.4, -0.2) is 19.1 Å². The molecular weight excluding hydrogens is 204 g/mol. The third-order valence-corrected chi connectivity index (χ3v) is 2.34. The molecule has 84 valence electrons. The molecule has 0 aromatic carbocycles. The molecule has 0 atom stereocenters. The number of nitrogens with one attached hydrogen (secondary N) is 1. The predicted octanol–water partition coefficient (Wildman–Crippen LogP) is 2.07. The zero-order valence-corrected chi connectivity index (χ0v) is 9.36. The van der Waals surface area contributed by atoms with Gasteiger partial charge in [0.05, 0.1) is 19.9 Å². The lowest BCUT2D eigenvalue weighted by Crippen LogP contribution is -2.04. The van der Waals surface area contributed by atoms with Crippen LogP contribution in [0.5, 0.6) is 5.88 Å². The summed E-state index contributed by atoms with van der Waals surface area (Å²) in [6.45, 7) is 0.701. The van der Waals surface area contributed by atoms with Gasteiger partial charge in [-0.05, 0) is 24.7 Å². The van der Waals surface area contributed by atoms with Crippen molar-refractivity contribution in [2.75, 3.05) is 14.2 Å². The minimum Gasteiger partial charge on any atom is -0.481 e. The monoisotopic (exact) mass is 218 g/mol. The van der Waals surface area contributed by atoms with Crippen molar-refractivity contribution in [3.8, 4) is 17.0 Å². The molecule has 0 bridgehead atoms. The summed E-state index contributed by atoms with van der Waals surface area (Å²) >= 11 is 0. The SMILES string of the molecule is CNCc1occc1-c1ccnc(OC)c1. The zero-order chi connectivity index (χ0) is 11.4. The van der Waals surface area contributed by atoms with Gasteiger partial charge in [0.25, 0.3) is 0 Å². The fraction of sp³-hybridized carbons (Fsp3) is 0.250. The van der Waals surface area contributed by atoms with Crippen molar-refractivity contribution in [3.05, 3.63) is 36.4 Å². The van der Waals surface area contributed by atoms with Crippen LogP contribution in [0.4, 0.5) is 0 Å². The summed E-state index contributed by atoms with van der Waals surface area (Å²) in [7, 11) is 3.50. The van der Waals surface area contributed by atoms with E-state index in [1.165, 1.54) is 0 Å². The van der Waals surface area contributed by atoms with E-state index in [0.29, 0.717) is 12.4 Å². The highest BCUT2D eigenvalue weighted by Gasteiger charge is 2.08. The molecule has 0 saturated heterocycles. The normalized spacial score (nSPS) is 10.4. The minimum absolute atomic E-state index is 0.606. The van der Waals surface area contributed by atoms with Crippen LogP contribution >= 0.6 is 0 Å². The second kappa shape index (κ2) is 4.81. The number of nitrogens with zero attached hydrogens (tertiary/aromatic N) is 1. The molecule has 2 aromatic heterocycles. The van der Waals surface area contributed by atoms with Crippen LogP contribution in [0.3, 0.4) is 0 Å². The van der Waals surface area contributed by atoms with Crippen molar-refractivity contribution < 1.29 is 9.15 Å². The Morgan fingerprint density at radius 1 is 1.44 bits per heavy atom. The summed E-state index contributed by atoms with van der Waals surface area (Å²) in [6, 6.07) is 5.78. The highest BCUT2D eigenvalue weighted by molar-refractivity contribution is 5.65. The van der Waals surface area contributed by atoms with E-state index in [2.05, 4.69) is 10.3 Å². The predicted molar refractivity (Wildman–Crippen MR) is 61.3 cm³/mol. The summed E-state index contributed by atoms with van der Waals surface area (Å²) in [5.41, 5.74) is 2.11. The molecule has 0 fully saturated rings. The molecule has 0 aliphatic rings. The Labute approximate surface area is 94.3 Å². The molecule has 2 heterocycles. The first-order chi connectivity index (χ1) is 7.85. The number of aromatic nitrogens is 1. The van der Waals surface area contributed by atoms with Gasteiger partial charge in [0.2, 0.25) is 5.88 Å². The Morgan fingerprint density at radius 2 is 2.31 bits per heavy atom. The maximum atomic E-state index is 5.41. The Kier molecular flexibility index (Phi) is 3.22. The van der Waals surface area contributed by atoms with E-state index in [4.69, 9.17) is 9.15 Å². The van der Waals surface area contributed by atoms with Gasteiger partial charge in [0.15, 0.2) is 0 Å². The molecule has 16 heavy (non-hydrogen) atoms. The molecule has 0 spiro atoms. The first kappa shape index (κ1) is 10.7. The molecule has 2 rings (SSSR count). The summed E-state index contributed by atoms with van der Waals surface area (Å²) in [5.74, 6) is 1.52. The van der Waals surface area contributed by atoms with E-state index in [-0.39, 0.29) is 0 Å². The molecule has 4 nitrogen and oxygen atoms in total. The van der Waals surface area contributed by atoms with Gasteiger partial charge in [0, 0.05) is 17.8 Å². The van der Waals surface area contributed by atoms with Crippen LogP contribution in [0.1, 0.15) is 5.76 Å². The van der Waals surface area contributed by atoms with Crippen molar-refractivity contribution in [1.82, 2.24) is 10.3 Å².